The number of carbonyl (C=O) groups is 1. The van der Waals surface area contributed by atoms with E-state index in [1.165, 1.54) is 0 Å². The van der Waals surface area contributed by atoms with Gasteiger partial charge in [-0.05, 0) is 13.3 Å². The summed E-state index contributed by atoms with van der Waals surface area (Å²) in [5.41, 5.74) is 0. The van der Waals surface area contributed by atoms with Crippen LogP contribution < -0.4 is 0 Å². The van der Waals surface area contributed by atoms with Crippen LogP contribution in [0.25, 0.3) is 0 Å². The Morgan fingerprint density at radius 2 is 2.19 bits per heavy atom. The SMILES string of the molecule is COCCN(C(C)COC)C1CCC(=O)C1. The molecule has 0 spiro atoms. The molecule has 0 aromatic rings. The molecule has 4 nitrogen and oxygen atoms in total. The summed E-state index contributed by atoms with van der Waals surface area (Å²) in [6.07, 6.45) is 2.40. The van der Waals surface area contributed by atoms with E-state index in [0.29, 0.717) is 37.5 Å². The fraction of sp³-hybridized carbons (Fsp3) is 0.917. The Bertz CT molecular complexity index is 220. The number of Topliss-reactive ketones (excluding diaryl/α,β-unsaturated/α-hetero) is 1. The minimum absolute atomic E-state index is 0.344. The zero-order valence-corrected chi connectivity index (χ0v) is 10.6. The van der Waals surface area contributed by atoms with E-state index < -0.39 is 0 Å². The molecule has 94 valence electrons. The Kier molecular flexibility index (Phi) is 5.95. The first-order chi connectivity index (χ1) is 7.69. The van der Waals surface area contributed by atoms with Crippen molar-refractivity contribution in [3.8, 4) is 0 Å². The molecule has 0 bridgehead atoms. The maximum atomic E-state index is 11.3. The van der Waals surface area contributed by atoms with Crippen molar-refractivity contribution >= 4 is 5.78 Å². The predicted octanol–water partition coefficient (Wildman–Crippen LogP) is 1.09. The van der Waals surface area contributed by atoms with Crippen LogP contribution in [-0.2, 0) is 14.3 Å². The summed E-state index contributed by atoms with van der Waals surface area (Å²) in [5, 5.41) is 0. The van der Waals surface area contributed by atoms with Crippen molar-refractivity contribution in [1.29, 1.82) is 0 Å². The molecule has 0 heterocycles. The molecule has 0 radical (unpaired) electrons. The molecule has 1 aliphatic rings. The standard InChI is InChI=1S/C12H23NO3/c1-10(9-16-3)13(6-7-15-2)11-4-5-12(14)8-11/h10-11H,4-9H2,1-3H3. The lowest BCUT2D eigenvalue weighted by Crippen LogP contribution is -2.44. The van der Waals surface area contributed by atoms with Gasteiger partial charge in [-0.3, -0.25) is 9.69 Å². The molecule has 0 N–H and O–H groups in total. The van der Waals surface area contributed by atoms with Gasteiger partial charge in [0, 0.05) is 45.7 Å². The first-order valence-corrected chi connectivity index (χ1v) is 5.94. The van der Waals surface area contributed by atoms with Crippen molar-refractivity contribution in [3.05, 3.63) is 0 Å². The Morgan fingerprint density at radius 3 is 2.69 bits per heavy atom. The number of ether oxygens (including phenoxy) is 2. The van der Waals surface area contributed by atoms with Crippen molar-refractivity contribution in [3.63, 3.8) is 0 Å². The molecular formula is C12H23NO3. The van der Waals surface area contributed by atoms with Crippen LogP contribution in [0.4, 0.5) is 0 Å². The van der Waals surface area contributed by atoms with Gasteiger partial charge in [-0.2, -0.15) is 0 Å². The van der Waals surface area contributed by atoms with Crippen LogP contribution in [0.2, 0.25) is 0 Å². The zero-order valence-electron chi connectivity index (χ0n) is 10.6. The van der Waals surface area contributed by atoms with E-state index in [1.54, 1.807) is 14.2 Å². The van der Waals surface area contributed by atoms with Gasteiger partial charge in [0.25, 0.3) is 0 Å². The lowest BCUT2D eigenvalue weighted by atomic mass is 10.1. The van der Waals surface area contributed by atoms with Crippen molar-refractivity contribution in [2.45, 2.75) is 38.3 Å². The van der Waals surface area contributed by atoms with E-state index in [9.17, 15) is 4.79 Å². The van der Waals surface area contributed by atoms with Crippen LogP contribution >= 0.6 is 0 Å². The second-order valence-corrected chi connectivity index (χ2v) is 4.47. The minimum atomic E-state index is 0.344. The van der Waals surface area contributed by atoms with Gasteiger partial charge in [0.2, 0.25) is 0 Å². The number of nitrogens with zero attached hydrogens (tertiary/aromatic N) is 1. The molecule has 0 aromatic carbocycles. The fourth-order valence-electron chi connectivity index (χ4n) is 2.37. The number of methoxy groups -OCH3 is 2. The van der Waals surface area contributed by atoms with Gasteiger partial charge < -0.3 is 9.47 Å². The third-order valence-corrected chi connectivity index (χ3v) is 3.22. The second kappa shape index (κ2) is 6.99. The summed E-state index contributed by atoms with van der Waals surface area (Å²) in [5.74, 6) is 0.386. The molecular weight excluding hydrogens is 206 g/mol. The number of carbonyl (C=O) groups excluding carboxylic acids is 1. The largest absolute Gasteiger partial charge is 0.383 e. The highest BCUT2D eigenvalue weighted by atomic mass is 16.5. The third kappa shape index (κ3) is 3.85. The van der Waals surface area contributed by atoms with E-state index >= 15 is 0 Å². The number of hydrogen-bond donors (Lipinski definition) is 0. The highest BCUT2D eigenvalue weighted by molar-refractivity contribution is 5.81. The van der Waals surface area contributed by atoms with Crippen LogP contribution in [0.15, 0.2) is 0 Å². The van der Waals surface area contributed by atoms with Gasteiger partial charge in [0.15, 0.2) is 0 Å². The third-order valence-electron chi connectivity index (χ3n) is 3.22. The molecule has 0 aliphatic heterocycles. The lowest BCUT2D eigenvalue weighted by molar-refractivity contribution is -0.117. The van der Waals surface area contributed by atoms with Crippen molar-refractivity contribution in [2.75, 3.05) is 34.0 Å². The summed E-state index contributed by atoms with van der Waals surface area (Å²) in [6.45, 7) is 4.42. The van der Waals surface area contributed by atoms with E-state index in [2.05, 4.69) is 11.8 Å². The number of rotatable bonds is 7. The molecule has 1 aliphatic carbocycles. The minimum Gasteiger partial charge on any atom is -0.383 e. The molecule has 4 heteroatoms. The summed E-state index contributed by atoms with van der Waals surface area (Å²) in [7, 11) is 3.42. The van der Waals surface area contributed by atoms with Crippen molar-refractivity contribution < 1.29 is 14.3 Å². The van der Waals surface area contributed by atoms with E-state index in [0.717, 1.165) is 19.4 Å². The van der Waals surface area contributed by atoms with Gasteiger partial charge in [-0.25, -0.2) is 0 Å². The van der Waals surface area contributed by atoms with Crippen LogP contribution in [-0.4, -0.2) is 56.7 Å². The Labute approximate surface area is 97.9 Å². The predicted molar refractivity (Wildman–Crippen MR) is 62.6 cm³/mol. The van der Waals surface area contributed by atoms with Crippen LogP contribution in [0.5, 0.6) is 0 Å². The van der Waals surface area contributed by atoms with E-state index in [1.807, 2.05) is 0 Å². The molecule has 2 unspecified atom stereocenters. The Morgan fingerprint density at radius 1 is 1.44 bits per heavy atom. The van der Waals surface area contributed by atoms with Gasteiger partial charge in [0.1, 0.15) is 5.78 Å². The summed E-state index contributed by atoms with van der Waals surface area (Å²) in [6, 6.07) is 0.726. The highest BCUT2D eigenvalue weighted by Crippen LogP contribution is 2.22. The number of hydrogen-bond acceptors (Lipinski definition) is 4. The quantitative estimate of drug-likeness (QED) is 0.655. The topological polar surface area (TPSA) is 38.8 Å². The summed E-state index contributed by atoms with van der Waals surface area (Å²) < 4.78 is 10.3. The molecule has 1 rings (SSSR count). The summed E-state index contributed by atoms with van der Waals surface area (Å²) >= 11 is 0. The lowest BCUT2D eigenvalue weighted by Gasteiger charge is -2.33. The fourth-order valence-corrected chi connectivity index (χ4v) is 2.37. The van der Waals surface area contributed by atoms with Gasteiger partial charge in [-0.15, -0.1) is 0 Å². The summed E-state index contributed by atoms with van der Waals surface area (Å²) in [4.78, 5) is 13.7. The van der Waals surface area contributed by atoms with Gasteiger partial charge in [-0.1, -0.05) is 0 Å². The van der Waals surface area contributed by atoms with Crippen LogP contribution in [0.1, 0.15) is 26.2 Å². The molecule has 1 fully saturated rings. The Hall–Kier alpha value is -0.450. The molecule has 0 saturated heterocycles. The maximum Gasteiger partial charge on any atom is 0.134 e. The zero-order chi connectivity index (χ0) is 12.0. The van der Waals surface area contributed by atoms with Crippen molar-refractivity contribution in [1.82, 2.24) is 4.90 Å². The number of ketones is 1. The first-order valence-electron chi connectivity index (χ1n) is 5.94. The normalized spacial score (nSPS) is 23.0. The molecule has 0 aromatic heterocycles. The van der Waals surface area contributed by atoms with Crippen LogP contribution in [0.3, 0.4) is 0 Å². The molecule has 16 heavy (non-hydrogen) atoms. The van der Waals surface area contributed by atoms with E-state index in [4.69, 9.17) is 9.47 Å². The average molecular weight is 229 g/mol. The highest BCUT2D eigenvalue weighted by Gasteiger charge is 2.30. The maximum absolute atomic E-state index is 11.3. The smallest absolute Gasteiger partial charge is 0.134 e. The molecule has 2 atom stereocenters. The monoisotopic (exact) mass is 229 g/mol. The van der Waals surface area contributed by atoms with Crippen LogP contribution in [0, 0.1) is 0 Å². The van der Waals surface area contributed by atoms with Gasteiger partial charge >= 0.3 is 0 Å². The first kappa shape index (κ1) is 13.6. The van der Waals surface area contributed by atoms with E-state index in [-0.39, 0.29) is 0 Å². The average Bonchev–Trinajstić information content (AvgIpc) is 2.66. The molecule has 1 saturated carbocycles. The van der Waals surface area contributed by atoms with Gasteiger partial charge in [0.05, 0.1) is 13.2 Å². The second-order valence-electron chi connectivity index (χ2n) is 4.47. The molecule has 0 amide bonds. The van der Waals surface area contributed by atoms with Crippen molar-refractivity contribution in [2.24, 2.45) is 0 Å². The Balaban J connectivity index is 2.51.